The number of carbonyl (C=O) groups is 1. The van der Waals surface area contributed by atoms with Gasteiger partial charge in [-0.05, 0) is 67.4 Å². The van der Waals surface area contributed by atoms with Gasteiger partial charge in [0.2, 0.25) is 5.91 Å². The van der Waals surface area contributed by atoms with Crippen LogP contribution in [0.1, 0.15) is 23.6 Å². The standard InChI is InChI=1S/C29H27N7O2/c1-4-27(37)36-12-11-19(15-36)22-7-8-23-28(34-22)29(31-16-30-23)33-20-5-10-26(18(2)13-20)38-21-6-9-25-24(14-21)32-17-35(25)3/h4-10,13-14,16-17,19H,1,11-12,15H2,2-3H3,(H,30,31,33). The molecule has 2 aromatic carbocycles. The first kappa shape index (κ1) is 23.6. The number of likely N-dealkylation sites (tertiary alicyclic amines) is 1. The number of aromatic nitrogens is 5. The number of rotatable bonds is 6. The first-order valence-electron chi connectivity index (χ1n) is 12.5. The zero-order valence-corrected chi connectivity index (χ0v) is 21.3. The summed E-state index contributed by atoms with van der Waals surface area (Å²) in [5, 5.41) is 3.40. The van der Waals surface area contributed by atoms with Crippen molar-refractivity contribution in [3.05, 3.63) is 85.1 Å². The van der Waals surface area contributed by atoms with Gasteiger partial charge in [-0.3, -0.25) is 4.79 Å². The molecule has 1 N–H and O–H groups in total. The van der Waals surface area contributed by atoms with Crippen molar-refractivity contribution in [3.8, 4) is 11.5 Å². The van der Waals surface area contributed by atoms with Crippen molar-refractivity contribution >= 4 is 39.5 Å². The van der Waals surface area contributed by atoms with Crippen LogP contribution in [0.15, 0.2) is 73.8 Å². The quantitative estimate of drug-likeness (QED) is 0.315. The molecule has 4 heterocycles. The molecule has 9 heteroatoms. The fourth-order valence-electron chi connectivity index (χ4n) is 4.89. The number of benzene rings is 2. The smallest absolute Gasteiger partial charge is 0.245 e. The fraction of sp³-hybridized carbons (Fsp3) is 0.207. The van der Waals surface area contributed by atoms with E-state index in [1.807, 2.05) is 72.0 Å². The molecule has 1 amide bonds. The lowest BCUT2D eigenvalue weighted by atomic mass is 10.0. The highest BCUT2D eigenvalue weighted by molar-refractivity contribution is 5.88. The van der Waals surface area contributed by atoms with E-state index in [1.165, 1.54) is 12.4 Å². The van der Waals surface area contributed by atoms with Gasteiger partial charge < -0.3 is 19.5 Å². The second-order valence-electron chi connectivity index (χ2n) is 9.51. The molecular formula is C29H27N7O2. The number of fused-ring (bicyclic) bond motifs is 2. The number of anilines is 2. The highest BCUT2D eigenvalue weighted by Gasteiger charge is 2.27. The molecule has 0 bridgehead atoms. The van der Waals surface area contributed by atoms with E-state index in [-0.39, 0.29) is 11.8 Å². The fourth-order valence-corrected chi connectivity index (χ4v) is 4.89. The molecule has 3 aromatic heterocycles. The molecule has 0 radical (unpaired) electrons. The number of ether oxygens (including phenoxy) is 1. The predicted molar refractivity (Wildman–Crippen MR) is 147 cm³/mol. The van der Waals surface area contributed by atoms with E-state index in [4.69, 9.17) is 9.72 Å². The largest absolute Gasteiger partial charge is 0.457 e. The molecule has 9 nitrogen and oxygen atoms in total. The summed E-state index contributed by atoms with van der Waals surface area (Å²) in [6.45, 7) is 6.94. The van der Waals surface area contributed by atoms with Crippen molar-refractivity contribution in [1.29, 1.82) is 0 Å². The molecule has 1 aliphatic rings. The molecule has 38 heavy (non-hydrogen) atoms. The van der Waals surface area contributed by atoms with E-state index >= 15 is 0 Å². The zero-order chi connectivity index (χ0) is 26.2. The Labute approximate surface area is 219 Å². The first-order chi connectivity index (χ1) is 18.5. The van der Waals surface area contributed by atoms with Gasteiger partial charge in [-0.1, -0.05) is 6.58 Å². The van der Waals surface area contributed by atoms with Gasteiger partial charge in [0.05, 0.1) is 22.9 Å². The molecule has 1 atom stereocenters. The lowest BCUT2D eigenvalue weighted by Gasteiger charge is -2.15. The molecule has 0 spiro atoms. The second-order valence-corrected chi connectivity index (χ2v) is 9.51. The maximum atomic E-state index is 12.0. The van der Waals surface area contributed by atoms with Crippen LogP contribution in [-0.2, 0) is 11.8 Å². The molecule has 190 valence electrons. The van der Waals surface area contributed by atoms with E-state index in [1.54, 1.807) is 6.33 Å². The van der Waals surface area contributed by atoms with Crippen LogP contribution in [0.2, 0.25) is 0 Å². The maximum absolute atomic E-state index is 12.0. The van der Waals surface area contributed by atoms with E-state index < -0.39 is 0 Å². The number of nitrogens with one attached hydrogen (secondary N) is 1. The number of carbonyl (C=O) groups excluding carboxylic acids is 1. The first-order valence-corrected chi connectivity index (χ1v) is 12.5. The summed E-state index contributed by atoms with van der Waals surface area (Å²) in [7, 11) is 1.97. The van der Waals surface area contributed by atoms with Crippen LogP contribution in [0, 0.1) is 6.92 Å². The van der Waals surface area contributed by atoms with Crippen LogP contribution < -0.4 is 10.1 Å². The van der Waals surface area contributed by atoms with Crippen molar-refractivity contribution in [2.24, 2.45) is 7.05 Å². The van der Waals surface area contributed by atoms with Crippen LogP contribution in [0.3, 0.4) is 0 Å². The van der Waals surface area contributed by atoms with Gasteiger partial charge in [0.25, 0.3) is 0 Å². The monoisotopic (exact) mass is 505 g/mol. The average molecular weight is 506 g/mol. The Morgan fingerprint density at radius 1 is 1.11 bits per heavy atom. The van der Waals surface area contributed by atoms with Crippen molar-refractivity contribution in [2.45, 2.75) is 19.3 Å². The summed E-state index contributed by atoms with van der Waals surface area (Å²) in [5.41, 5.74) is 6.16. The molecule has 1 aliphatic heterocycles. The van der Waals surface area contributed by atoms with Gasteiger partial charge in [-0.2, -0.15) is 0 Å². The second kappa shape index (κ2) is 9.59. The van der Waals surface area contributed by atoms with Crippen molar-refractivity contribution in [3.63, 3.8) is 0 Å². The predicted octanol–water partition coefficient (Wildman–Crippen LogP) is 5.26. The molecule has 0 aliphatic carbocycles. The number of imidazole rings is 1. The number of nitrogens with zero attached hydrogens (tertiary/aromatic N) is 6. The van der Waals surface area contributed by atoms with Crippen LogP contribution in [-0.4, -0.2) is 48.4 Å². The van der Waals surface area contributed by atoms with Gasteiger partial charge in [0, 0.05) is 43.5 Å². The Morgan fingerprint density at radius 2 is 2.00 bits per heavy atom. The van der Waals surface area contributed by atoms with Crippen molar-refractivity contribution < 1.29 is 9.53 Å². The molecular weight excluding hydrogens is 478 g/mol. The number of pyridine rings is 1. The van der Waals surface area contributed by atoms with Gasteiger partial charge in [-0.25, -0.2) is 19.9 Å². The number of amides is 1. The summed E-state index contributed by atoms with van der Waals surface area (Å²) < 4.78 is 8.14. The van der Waals surface area contributed by atoms with Gasteiger partial charge in [-0.15, -0.1) is 0 Å². The Kier molecular flexibility index (Phi) is 5.95. The third-order valence-electron chi connectivity index (χ3n) is 6.96. The summed E-state index contributed by atoms with van der Waals surface area (Å²) in [6, 6.07) is 15.7. The Bertz CT molecular complexity index is 1690. The normalized spacial score (nSPS) is 15.2. The number of aryl methyl sites for hydroxylation is 2. The van der Waals surface area contributed by atoms with Crippen LogP contribution in [0.5, 0.6) is 11.5 Å². The number of hydrogen-bond donors (Lipinski definition) is 1. The minimum absolute atomic E-state index is 0.0425. The van der Waals surface area contributed by atoms with Gasteiger partial charge >= 0.3 is 0 Å². The lowest BCUT2D eigenvalue weighted by molar-refractivity contribution is -0.125. The van der Waals surface area contributed by atoms with Gasteiger partial charge in [0.1, 0.15) is 23.3 Å². The topological polar surface area (TPSA) is 98.1 Å². The minimum atomic E-state index is -0.0425. The van der Waals surface area contributed by atoms with E-state index in [2.05, 4.69) is 26.8 Å². The summed E-state index contributed by atoms with van der Waals surface area (Å²) in [6.07, 6.45) is 5.55. The number of hydrogen-bond acceptors (Lipinski definition) is 7. The summed E-state index contributed by atoms with van der Waals surface area (Å²) >= 11 is 0. The van der Waals surface area contributed by atoms with Crippen LogP contribution >= 0.6 is 0 Å². The van der Waals surface area contributed by atoms with Gasteiger partial charge in [0.15, 0.2) is 5.82 Å². The van der Waals surface area contributed by atoms with Crippen LogP contribution in [0.4, 0.5) is 11.5 Å². The van der Waals surface area contributed by atoms with Crippen molar-refractivity contribution in [1.82, 2.24) is 29.4 Å². The zero-order valence-electron chi connectivity index (χ0n) is 21.3. The molecule has 1 fully saturated rings. The van der Waals surface area contributed by atoms with E-state index in [0.29, 0.717) is 24.4 Å². The third kappa shape index (κ3) is 4.43. The van der Waals surface area contributed by atoms with E-state index in [0.717, 1.165) is 51.4 Å². The average Bonchev–Trinajstić information content (AvgIpc) is 3.57. The molecule has 5 aromatic rings. The Balaban J connectivity index is 1.23. The summed E-state index contributed by atoms with van der Waals surface area (Å²) in [4.78, 5) is 32.0. The maximum Gasteiger partial charge on any atom is 0.245 e. The van der Waals surface area contributed by atoms with Crippen molar-refractivity contribution in [2.75, 3.05) is 18.4 Å². The highest BCUT2D eigenvalue weighted by Crippen LogP contribution is 2.32. The minimum Gasteiger partial charge on any atom is -0.457 e. The third-order valence-corrected chi connectivity index (χ3v) is 6.96. The highest BCUT2D eigenvalue weighted by atomic mass is 16.5. The molecule has 6 rings (SSSR count). The Morgan fingerprint density at radius 3 is 2.84 bits per heavy atom. The SMILES string of the molecule is C=CC(=O)N1CCC(c2ccc3ncnc(Nc4ccc(Oc5ccc6c(c5)ncn6C)c(C)c4)c3n2)C1. The molecule has 1 unspecified atom stereocenters. The molecule has 1 saturated heterocycles. The summed E-state index contributed by atoms with van der Waals surface area (Å²) in [5.74, 6) is 2.25. The van der Waals surface area contributed by atoms with Crippen LogP contribution in [0.25, 0.3) is 22.1 Å². The Hall–Kier alpha value is -4.79. The van der Waals surface area contributed by atoms with E-state index in [9.17, 15) is 4.79 Å². The molecule has 0 saturated carbocycles. The lowest BCUT2D eigenvalue weighted by Crippen LogP contribution is -2.26.